The number of amides is 1. The van der Waals surface area contributed by atoms with Gasteiger partial charge in [0.1, 0.15) is 11.4 Å². The summed E-state index contributed by atoms with van der Waals surface area (Å²) in [5.74, 6) is -1.14. The second-order valence-electron chi connectivity index (χ2n) is 6.87. The maximum Gasteiger partial charge on any atom is 0.284 e. The van der Waals surface area contributed by atoms with Crippen molar-refractivity contribution >= 4 is 17.5 Å². The van der Waals surface area contributed by atoms with E-state index in [4.69, 9.17) is 11.6 Å². The molecule has 3 aromatic rings. The predicted octanol–water partition coefficient (Wildman–Crippen LogP) is 2.95. The number of aliphatic hydroxyl groups is 1. The fourth-order valence-corrected chi connectivity index (χ4v) is 3.22. The van der Waals surface area contributed by atoms with E-state index in [2.05, 4.69) is 10.4 Å². The van der Waals surface area contributed by atoms with Gasteiger partial charge in [0.05, 0.1) is 23.5 Å². The second kappa shape index (κ2) is 7.77. The molecule has 0 spiro atoms. The van der Waals surface area contributed by atoms with Gasteiger partial charge < -0.3 is 10.4 Å². The molecule has 1 heterocycles. The van der Waals surface area contributed by atoms with Crippen molar-refractivity contribution in [2.75, 3.05) is 0 Å². The van der Waals surface area contributed by atoms with Crippen molar-refractivity contribution in [1.82, 2.24) is 15.1 Å². The number of aromatic nitrogens is 2. The highest BCUT2D eigenvalue weighted by molar-refractivity contribution is 6.30. The third-order valence-electron chi connectivity index (χ3n) is 4.90. The Morgan fingerprint density at radius 1 is 1.17 bits per heavy atom. The van der Waals surface area contributed by atoms with Crippen molar-refractivity contribution in [3.8, 4) is 16.9 Å². The van der Waals surface area contributed by atoms with Crippen LogP contribution in [0.2, 0.25) is 5.02 Å². The molecule has 1 saturated carbocycles. The number of rotatable bonds is 4. The van der Waals surface area contributed by atoms with Crippen LogP contribution >= 0.6 is 11.6 Å². The molecule has 1 aromatic heterocycles. The van der Waals surface area contributed by atoms with Crippen molar-refractivity contribution in [2.24, 2.45) is 0 Å². The Bertz CT molecular complexity index is 1130. The summed E-state index contributed by atoms with van der Waals surface area (Å²) in [6.07, 6.45) is 0.618. The molecular weight excluding hydrogens is 397 g/mol. The molecule has 0 saturated heterocycles. The second-order valence-corrected chi connectivity index (χ2v) is 7.31. The Labute approximate surface area is 170 Å². The Hall–Kier alpha value is -3.03. The van der Waals surface area contributed by atoms with Gasteiger partial charge in [-0.2, -0.15) is 9.78 Å². The van der Waals surface area contributed by atoms with Gasteiger partial charge in [0.2, 0.25) is 0 Å². The Balaban J connectivity index is 1.83. The molecule has 148 valence electrons. The lowest BCUT2D eigenvalue weighted by molar-refractivity contribution is 0.0447. The van der Waals surface area contributed by atoms with E-state index in [9.17, 15) is 19.1 Å². The van der Waals surface area contributed by atoms with Crippen molar-refractivity contribution in [3.05, 3.63) is 81.4 Å². The van der Waals surface area contributed by atoms with Crippen molar-refractivity contribution < 1.29 is 14.3 Å². The molecule has 1 fully saturated rings. The Morgan fingerprint density at radius 3 is 2.55 bits per heavy atom. The Kier molecular flexibility index (Phi) is 5.17. The summed E-state index contributed by atoms with van der Waals surface area (Å²) in [5.41, 5.74) is 0.360. The molecule has 0 unspecified atom stereocenters. The first-order valence-electron chi connectivity index (χ1n) is 9.07. The van der Waals surface area contributed by atoms with E-state index in [0.717, 1.165) is 10.7 Å². The van der Waals surface area contributed by atoms with Gasteiger partial charge in [-0.3, -0.25) is 9.59 Å². The van der Waals surface area contributed by atoms with Crippen LogP contribution in [0.3, 0.4) is 0 Å². The first-order valence-corrected chi connectivity index (χ1v) is 9.45. The van der Waals surface area contributed by atoms with E-state index in [-0.39, 0.29) is 11.3 Å². The normalized spacial score (nSPS) is 18.2. The first kappa shape index (κ1) is 19.3. The number of carbonyl (C=O) groups excluding carboxylic acids is 1. The van der Waals surface area contributed by atoms with Crippen LogP contribution in [0.15, 0.2) is 59.4 Å². The molecule has 1 aliphatic rings. The highest BCUT2D eigenvalue weighted by Crippen LogP contribution is 2.22. The molecule has 2 N–H and O–H groups in total. The van der Waals surface area contributed by atoms with Gasteiger partial charge in [-0.25, -0.2) is 4.39 Å². The molecule has 6 nitrogen and oxygen atoms in total. The van der Waals surface area contributed by atoms with Crippen LogP contribution in [0, 0.1) is 5.82 Å². The first-order chi connectivity index (χ1) is 13.9. The van der Waals surface area contributed by atoms with E-state index in [0.29, 0.717) is 29.1 Å². The number of hydrogen-bond donors (Lipinski definition) is 2. The third kappa shape index (κ3) is 3.92. The summed E-state index contributed by atoms with van der Waals surface area (Å²) in [5, 5.41) is 17.3. The summed E-state index contributed by atoms with van der Waals surface area (Å²) >= 11 is 5.94. The van der Waals surface area contributed by atoms with Gasteiger partial charge in [0.25, 0.3) is 11.5 Å². The molecule has 1 aliphatic carbocycles. The minimum Gasteiger partial charge on any atom is -0.391 e. The van der Waals surface area contributed by atoms with Crippen LogP contribution in [0.1, 0.15) is 23.2 Å². The van der Waals surface area contributed by atoms with E-state index < -0.39 is 29.4 Å². The number of nitrogens with zero attached hydrogens (tertiary/aromatic N) is 2. The predicted molar refractivity (Wildman–Crippen MR) is 107 cm³/mol. The summed E-state index contributed by atoms with van der Waals surface area (Å²) in [6.45, 7) is 0. The maximum absolute atomic E-state index is 13.7. The molecular formula is C21H17ClFN3O3. The molecule has 0 radical (unpaired) electrons. The fraction of sp³-hybridized carbons (Fsp3) is 0.190. The quantitative estimate of drug-likeness (QED) is 0.688. The van der Waals surface area contributed by atoms with Crippen LogP contribution in [0.4, 0.5) is 4.39 Å². The van der Waals surface area contributed by atoms with Crippen LogP contribution in [-0.2, 0) is 0 Å². The summed E-state index contributed by atoms with van der Waals surface area (Å²) in [4.78, 5) is 25.7. The van der Waals surface area contributed by atoms with E-state index in [1.807, 2.05) is 0 Å². The average Bonchev–Trinajstić information content (AvgIpc) is 2.71. The highest BCUT2D eigenvalue weighted by atomic mass is 35.5. The summed E-state index contributed by atoms with van der Waals surface area (Å²) < 4.78 is 14.7. The van der Waals surface area contributed by atoms with Crippen molar-refractivity contribution in [1.29, 1.82) is 0 Å². The lowest BCUT2D eigenvalue weighted by Crippen LogP contribution is -2.51. The molecule has 0 bridgehead atoms. The average molecular weight is 414 g/mol. The maximum atomic E-state index is 13.7. The summed E-state index contributed by atoms with van der Waals surface area (Å²) in [6, 6.07) is 13.2. The molecule has 8 heteroatoms. The largest absolute Gasteiger partial charge is 0.391 e. The molecule has 29 heavy (non-hydrogen) atoms. The lowest BCUT2D eigenvalue weighted by Gasteiger charge is -2.32. The van der Waals surface area contributed by atoms with Crippen molar-refractivity contribution in [2.45, 2.75) is 25.0 Å². The van der Waals surface area contributed by atoms with Gasteiger partial charge >= 0.3 is 0 Å². The van der Waals surface area contributed by atoms with E-state index >= 15 is 0 Å². The highest BCUT2D eigenvalue weighted by Gasteiger charge is 2.31. The van der Waals surface area contributed by atoms with Gasteiger partial charge in [0.15, 0.2) is 0 Å². The van der Waals surface area contributed by atoms with E-state index in [1.165, 1.54) is 24.3 Å². The summed E-state index contributed by atoms with van der Waals surface area (Å²) in [7, 11) is 0. The SMILES string of the molecule is O=C(N[C@H]1CC[C@H]1O)c1cc(-c2ccc(Cl)cc2)nn(-c2cccc(F)c2)c1=O. The molecule has 1 amide bonds. The van der Waals surface area contributed by atoms with Crippen LogP contribution in [0.5, 0.6) is 0 Å². The zero-order chi connectivity index (χ0) is 20.5. The monoisotopic (exact) mass is 413 g/mol. The lowest BCUT2D eigenvalue weighted by atomic mass is 9.89. The van der Waals surface area contributed by atoms with E-state index in [1.54, 1.807) is 24.3 Å². The fourth-order valence-electron chi connectivity index (χ4n) is 3.10. The van der Waals surface area contributed by atoms with Crippen LogP contribution < -0.4 is 10.9 Å². The van der Waals surface area contributed by atoms with Crippen LogP contribution in [0.25, 0.3) is 16.9 Å². The van der Waals surface area contributed by atoms with Gasteiger partial charge in [-0.1, -0.05) is 29.8 Å². The van der Waals surface area contributed by atoms with Crippen molar-refractivity contribution in [3.63, 3.8) is 0 Å². The minimum absolute atomic E-state index is 0.145. The number of halogens is 2. The zero-order valence-corrected chi connectivity index (χ0v) is 15.9. The standard InChI is InChI=1S/C21H17ClFN3O3/c22-13-6-4-12(5-7-13)18-11-16(20(28)24-17-8-9-19(17)27)21(29)26(25-18)15-3-1-2-14(23)10-15/h1-7,10-11,17,19,27H,8-9H2,(H,24,28)/t17-,19+/m0/s1. The molecule has 2 atom stereocenters. The molecule has 2 aromatic carbocycles. The number of carbonyl (C=O) groups is 1. The topological polar surface area (TPSA) is 84.2 Å². The number of nitrogens with one attached hydrogen (secondary N) is 1. The third-order valence-corrected chi connectivity index (χ3v) is 5.16. The molecule has 0 aliphatic heterocycles. The number of aliphatic hydroxyl groups excluding tert-OH is 1. The Morgan fingerprint density at radius 2 is 1.93 bits per heavy atom. The minimum atomic E-state index is -0.681. The zero-order valence-electron chi connectivity index (χ0n) is 15.2. The van der Waals surface area contributed by atoms with Gasteiger partial charge in [-0.05, 0) is 49.2 Å². The van der Waals surface area contributed by atoms with Crippen LogP contribution in [-0.4, -0.2) is 32.9 Å². The molecule has 4 rings (SSSR count). The number of benzene rings is 2. The van der Waals surface area contributed by atoms with Gasteiger partial charge in [-0.15, -0.1) is 0 Å². The smallest absolute Gasteiger partial charge is 0.284 e. The number of hydrogen-bond acceptors (Lipinski definition) is 4. The van der Waals surface area contributed by atoms with Gasteiger partial charge in [0, 0.05) is 10.6 Å².